The van der Waals surface area contributed by atoms with Crippen molar-refractivity contribution in [3.05, 3.63) is 76.2 Å². The average Bonchev–Trinajstić information content (AvgIpc) is 3.38. The van der Waals surface area contributed by atoms with Gasteiger partial charge in [0.1, 0.15) is 16.4 Å². The van der Waals surface area contributed by atoms with Gasteiger partial charge in [0, 0.05) is 18.3 Å². The molecule has 2 aromatic heterocycles. The third-order valence-electron chi connectivity index (χ3n) is 6.56. The van der Waals surface area contributed by atoms with Crippen molar-refractivity contribution in [3.63, 3.8) is 0 Å². The smallest absolute Gasteiger partial charge is 0.263 e. The Balaban J connectivity index is 1.51. The molecule has 37 heavy (non-hydrogen) atoms. The Morgan fingerprint density at radius 1 is 1.11 bits per heavy atom. The van der Waals surface area contributed by atoms with Gasteiger partial charge in [-0.05, 0) is 60.7 Å². The number of halogens is 2. The zero-order valence-electron chi connectivity index (χ0n) is 19.9. The fraction of sp³-hybridized carbons (Fsp3) is 0.269. The van der Waals surface area contributed by atoms with Gasteiger partial charge in [-0.1, -0.05) is 30.5 Å². The van der Waals surface area contributed by atoms with Crippen molar-refractivity contribution in [2.24, 2.45) is 5.92 Å². The van der Waals surface area contributed by atoms with Crippen molar-refractivity contribution in [2.75, 3.05) is 11.8 Å². The van der Waals surface area contributed by atoms with Crippen LogP contribution in [0.4, 0.5) is 10.1 Å². The Bertz CT molecular complexity index is 1650. The summed E-state index contributed by atoms with van der Waals surface area (Å²) in [6, 6.07) is 9.83. The fourth-order valence-corrected chi connectivity index (χ4v) is 6.26. The number of ether oxygens (including phenoxy) is 1. The number of hydrogen-bond donors (Lipinski definition) is 1. The minimum Gasteiger partial charge on any atom is -0.480 e. The van der Waals surface area contributed by atoms with Crippen LogP contribution < -0.4 is 15.0 Å². The van der Waals surface area contributed by atoms with E-state index < -0.39 is 15.8 Å². The topological polar surface area (TPSA) is 103 Å². The standard InChI is InChI=1S/C26H24ClFN4O4S/c1-36-25-23(31-37(34,35)24-9-7-19(28)12-21(24)27)11-18(13-29-25)17-6-8-22-20(10-17)26(33)32(15-30-22)14-16-4-2-3-5-16/h6-13,15-16,31H,2-5,14H2,1H3. The van der Waals surface area contributed by atoms with Crippen LogP contribution in [0.2, 0.25) is 5.02 Å². The summed E-state index contributed by atoms with van der Waals surface area (Å²) >= 11 is 5.97. The molecule has 1 fully saturated rings. The number of aromatic nitrogens is 3. The van der Waals surface area contributed by atoms with Crippen LogP contribution in [-0.2, 0) is 16.6 Å². The van der Waals surface area contributed by atoms with E-state index in [1.165, 1.54) is 26.1 Å². The first kappa shape index (κ1) is 25.2. The molecule has 1 saturated carbocycles. The van der Waals surface area contributed by atoms with Gasteiger partial charge in [0.05, 0.1) is 29.4 Å². The van der Waals surface area contributed by atoms with Gasteiger partial charge in [0.25, 0.3) is 15.6 Å². The van der Waals surface area contributed by atoms with E-state index in [2.05, 4.69) is 14.7 Å². The number of fused-ring (bicyclic) bond motifs is 1. The molecule has 1 aliphatic rings. The zero-order chi connectivity index (χ0) is 26.2. The van der Waals surface area contributed by atoms with Gasteiger partial charge < -0.3 is 4.74 Å². The van der Waals surface area contributed by atoms with Crippen molar-refractivity contribution in [3.8, 4) is 17.0 Å². The maximum absolute atomic E-state index is 13.4. The normalized spacial score (nSPS) is 14.2. The van der Waals surface area contributed by atoms with Crippen molar-refractivity contribution in [1.82, 2.24) is 14.5 Å². The Hall–Kier alpha value is -3.50. The summed E-state index contributed by atoms with van der Waals surface area (Å²) in [5.74, 6) is -0.138. The van der Waals surface area contributed by atoms with Gasteiger partial charge in [-0.2, -0.15) is 0 Å². The van der Waals surface area contributed by atoms with Crippen LogP contribution in [-0.4, -0.2) is 30.1 Å². The molecular weight excluding hydrogens is 519 g/mol. The third kappa shape index (κ3) is 5.17. The molecule has 1 N–H and O–H groups in total. The largest absolute Gasteiger partial charge is 0.480 e. The molecule has 0 amide bonds. The second-order valence-corrected chi connectivity index (χ2v) is 11.1. The molecule has 4 aromatic rings. The lowest BCUT2D eigenvalue weighted by molar-refractivity contribution is 0.400. The molecule has 0 spiro atoms. The van der Waals surface area contributed by atoms with Crippen LogP contribution >= 0.6 is 11.6 Å². The zero-order valence-corrected chi connectivity index (χ0v) is 21.5. The summed E-state index contributed by atoms with van der Waals surface area (Å²) in [5.41, 5.74) is 1.72. The number of rotatable bonds is 7. The van der Waals surface area contributed by atoms with Crippen LogP contribution in [0, 0.1) is 11.7 Å². The van der Waals surface area contributed by atoms with Crippen LogP contribution in [0.3, 0.4) is 0 Å². The predicted molar refractivity (Wildman–Crippen MR) is 140 cm³/mol. The lowest BCUT2D eigenvalue weighted by atomic mass is 10.0. The second-order valence-electron chi connectivity index (χ2n) is 9.05. The molecule has 0 saturated heterocycles. The van der Waals surface area contributed by atoms with E-state index in [1.807, 2.05) is 0 Å². The number of nitrogens with zero attached hydrogens (tertiary/aromatic N) is 3. The van der Waals surface area contributed by atoms with Gasteiger partial charge in [0.15, 0.2) is 0 Å². The number of sulfonamides is 1. The summed E-state index contributed by atoms with van der Waals surface area (Å²) in [6.07, 6.45) is 7.73. The van der Waals surface area contributed by atoms with E-state index in [0.29, 0.717) is 34.5 Å². The number of benzene rings is 2. The maximum atomic E-state index is 13.4. The van der Waals surface area contributed by atoms with E-state index >= 15 is 0 Å². The van der Waals surface area contributed by atoms with E-state index in [4.69, 9.17) is 16.3 Å². The average molecular weight is 543 g/mol. The van der Waals surface area contributed by atoms with E-state index in [0.717, 1.165) is 31.0 Å². The molecule has 5 rings (SSSR count). The summed E-state index contributed by atoms with van der Waals surface area (Å²) in [5, 5.41) is 0.209. The van der Waals surface area contributed by atoms with Crippen molar-refractivity contribution >= 4 is 38.2 Å². The van der Waals surface area contributed by atoms with Crippen LogP contribution in [0.1, 0.15) is 25.7 Å². The summed E-state index contributed by atoms with van der Waals surface area (Å²) in [4.78, 5) is 21.6. The number of methoxy groups -OCH3 is 1. The van der Waals surface area contributed by atoms with E-state index in [-0.39, 0.29) is 27.0 Å². The molecule has 0 unspecified atom stereocenters. The highest BCUT2D eigenvalue weighted by Gasteiger charge is 2.22. The first-order valence-corrected chi connectivity index (χ1v) is 13.6. The van der Waals surface area contributed by atoms with Gasteiger partial charge in [0.2, 0.25) is 5.88 Å². The monoisotopic (exact) mass is 542 g/mol. The molecule has 192 valence electrons. The molecule has 0 radical (unpaired) electrons. The van der Waals surface area contributed by atoms with Crippen molar-refractivity contribution < 1.29 is 17.5 Å². The molecule has 11 heteroatoms. The quantitative estimate of drug-likeness (QED) is 0.342. The lowest BCUT2D eigenvalue weighted by Gasteiger charge is -2.14. The Morgan fingerprint density at radius 2 is 1.89 bits per heavy atom. The molecule has 0 aliphatic heterocycles. The van der Waals surface area contributed by atoms with Gasteiger partial charge in [-0.3, -0.25) is 14.1 Å². The minimum atomic E-state index is -4.18. The summed E-state index contributed by atoms with van der Waals surface area (Å²) in [7, 11) is -2.82. The molecule has 2 aromatic carbocycles. The van der Waals surface area contributed by atoms with Crippen LogP contribution in [0.25, 0.3) is 22.0 Å². The van der Waals surface area contributed by atoms with Crippen molar-refractivity contribution in [2.45, 2.75) is 37.1 Å². The van der Waals surface area contributed by atoms with Gasteiger partial charge in [-0.25, -0.2) is 22.8 Å². The predicted octanol–water partition coefficient (Wildman–Crippen LogP) is 5.25. The fourth-order valence-electron chi connectivity index (χ4n) is 4.68. The molecule has 1 aliphatic carbocycles. The summed E-state index contributed by atoms with van der Waals surface area (Å²) in [6.45, 7) is 0.647. The SMILES string of the molecule is COc1ncc(-c2ccc3ncn(CC4CCCC4)c(=O)c3c2)cc1NS(=O)(=O)c1ccc(F)cc1Cl. The number of hydrogen-bond acceptors (Lipinski definition) is 6. The minimum absolute atomic E-state index is 0.0342. The highest BCUT2D eigenvalue weighted by molar-refractivity contribution is 7.92. The first-order valence-electron chi connectivity index (χ1n) is 11.8. The maximum Gasteiger partial charge on any atom is 0.263 e. The molecule has 2 heterocycles. The molecule has 0 bridgehead atoms. The Labute approximate surface area is 218 Å². The van der Waals surface area contributed by atoms with E-state index in [1.54, 1.807) is 35.2 Å². The molecular formula is C26H24ClFN4O4S. The Morgan fingerprint density at radius 3 is 2.62 bits per heavy atom. The molecule has 8 nitrogen and oxygen atoms in total. The van der Waals surface area contributed by atoms with Gasteiger partial charge in [-0.15, -0.1) is 0 Å². The first-order chi connectivity index (χ1) is 17.7. The Kier molecular flexibility index (Phi) is 6.87. The third-order valence-corrected chi connectivity index (χ3v) is 8.41. The van der Waals surface area contributed by atoms with Gasteiger partial charge >= 0.3 is 0 Å². The number of pyridine rings is 1. The number of nitrogens with one attached hydrogen (secondary N) is 1. The van der Waals surface area contributed by atoms with Crippen molar-refractivity contribution in [1.29, 1.82) is 0 Å². The second kappa shape index (κ2) is 10.1. The summed E-state index contributed by atoms with van der Waals surface area (Å²) < 4.78 is 48.8. The van der Waals surface area contributed by atoms with Crippen LogP contribution in [0.15, 0.2) is 64.7 Å². The highest BCUT2D eigenvalue weighted by Crippen LogP contribution is 2.32. The van der Waals surface area contributed by atoms with E-state index in [9.17, 15) is 17.6 Å². The lowest BCUT2D eigenvalue weighted by Crippen LogP contribution is -2.23. The number of anilines is 1. The highest BCUT2D eigenvalue weighted by atomic mass is 35.5. The van der Waals surface area contributed by atoms with Crippen LogP contribution in [0.5, 0.6) is 5.88 Å². The molecule has 0 atom stereocenters.